The van der Waals surface area contributed by atoms with E-state index in [0.29, 0.717) is 24.6 Å². The van der Waals surface area contributed by atoms with E-state index in [0.717, 1.165) is 29.8 Å². The first-order valence-electron chi connectivity index (χ1n) is 6.88. The normalized spacial score (nSPS) is 14.3. The van der Waals surface area contributed by atoms with E-state index in [1.165, 1.54) is 0 Å². The maximum Gasteiger partial charge on any atom is 0.233 e. The van der Waals surface area contributed by atoms with Gasteiger partial charge in [-0.2, -0.15) is 0 Å². The Morgan fingerprint density at radius 1 is 1.24 bits per heavy atom. The molecule has 1 aromatic carbocycles. The Morgan fingerprint density at radius 3 is 2.52 bits per heavy atom. The highest BCUT2D eigenvalue weighted by atomic mass is 16.5. The minimum absolute atomic E-state index is 0.0193. The van der Waals surface area contributed by atoms with Gasteiger partial charge in [-0.05, 0) is 18.1 Å². The van der Waals surface area contributed by atoms with Gasteiger partial charge in [0.1, 0.15) is 0 Å². The van der Waals surface area contributed by atoms with Crippen LogP contribution < -0.4 is 19.5 Å². The Balaban J connectivity index is 2.33. The van der Waals surface area contributed by atoms with Crippen LogP contribution in [0.15, 0.2) is 6.07 Å². The van der Waals surface area contributed by atoms with E-state index < -0.39 is 0 Å². The van der Waals surface area contributed by atoms with E-state index in [2.05, 4.69) is 10.2 Å². The number of ether oxygens (including phenoxy) is 3. The molecular weight excluding hydrogens is 272 g/mol. The summed E-state index contributed by atoms with van der Waals surface area (Å²) in [5.41, 5.74) is 2.24. The summed E-state index contributed by atoms with van der Waals surface area (Å²) < 4.78 is 16.3. The molecular formula is C15H22N2O4. The van der Waals surface area contributed by atoms with E-state index >= 15 is 0 Å². The first-order chi connectivity index (χ1) is 10.1. The van der Waals surface area contributed by atoms with Crippen molar-refractivity contribution in [3.05, 3.63) is 17.2 Å². The summed E-state index contributed by atoms with van der Waals surface area (Å²) in [5.74, 6) is 2.02. The fourth-order valence-electron chi connectivity index (χ4n) is 2.69. The molecule has 21 heavy (non-hydrogen) atoms. The van der Waals surface area contributed by atoms with Crippen molar-refractivity contribution in [2.45, 2.75) is 13.0 Å². The molecule has 2 rings (SSSR count). The fourth-order valence-corrected chi connectivity index (χ4v) is 2.69. The fraction of sp³-hybridized carbons (Fsp3) is 0.533. The molecule has 0 aromatic heterocycles. The van der Waals surface area contributed by atoms with Gasteiger partial charge in [-0.3, -0.25) is 9.69 Å². The number of carbonyl (C=O) groups is 1. The minimum Gasteiger partial charge on any atom is -0.493 e. The SMILES string of the molecule is CNC(=O)CN1CCc2c(cc(OC)c(OC)c2OC)C1. The Labute approximate surface area is 125 Å². The summed E-state index contributed by atoms with van der Waals surface area (Å²) in [6.07, 6.45) is 0.815. The largest absolute Gasteiger partial charge is 0.493 e. The molecule has 1 aromatic rings. The average Bonchev–Trinajstić information content (AvgIpc) is 2.52. The van der Waals surface area contributed by atoms with Crippen LogP contribution in [0.2, 0.25) is 0 Å². The predicted molar refractivity (Wildman–Crippen MR) is 79.1 cm³/mol. The lowest BCUT2D eigenvalue weighted by molar-refractivity contribution is -0.121. The smallest absolute Gasteiger partial charge is 0.233 e. The quantitative estimate of drug-likeness (QED) is 0.871. The second-order valence-electron chi connectivity index (χ2n) is 4.92. The molecule has 0 saturated heterocycles. The van der Waals surface area contributed by atoms with Crippen molar-refractivity contribution >= 4 is 5.91 Å². The Bertz CT molecular complexity index is 531. The van der Waals surface area contributed by atoms with Crippen LogP contribution in [0.3, 0.4) is 0 Å². The Kier molecular flexibility index (Phi) is 4.90. The van der Waals surface area contributed by atoms with Gasteiger partial charge >= 0.3 is 0 Å². The average molecular weight is 294 g/mol. The van der Waals surface area contributed by atoms with Gasteiger partial charge in [0.25, 0.3) is 0 Å². The number of carbonyl (C=O) groups excluding carboxylic acids is 1. The zero-order valence-corrected chi connectivity index (χ0v) is 13.0. The number of likely N-dealkylation sites (N-methyl/N-ethyl adjacent to an activating group) is 1. The Hall–Kier alpha value is -1.95. The van der Waals surface area contributed by atoms with Crippen molar-refractivity contribution in [1.82, 2.24) is 10.2 Å². The van der Waals surface area contributed by atoms with Crippen LogP contribution in [0.25, 0.3) is 0 Å². The summed E-state index contributed by atoms with van der Waals surface area (Å²) in [7, 11) is 6.49. The van der Waals surface area contributed by atoms with E-state index in [-0.39, 0.29) is 5.91 Å². The van der Waals surface area contributed by atoms with Crippen LogP contribution in [0.5, 0.6) is 17.2 Å². The Morgan fingerprint density at radius 2 is 1.95 bits per heavy atom. The number of benzene rings is 1. The van der Waals surface area contributed by atoms with Gasteiger partial charge in [-0.15, -0.1) is 0 Å². The van der Waals surface area contributed by atoms with Crippen molar-refractivity contribution in [3.8, 4) is 17.2 Å². The number of methoxy groups -OCH3 is 3. The lowest BCUT2D eigenvalue weighted by Gasteiger charge is -2.30. The highest BCUT2D eigenvalue weighted by Gasteiger charge is 2.26. The molecule has 0 saturated carbocycles. The molecule has 0 spiro atoms. The van der Waals surface area contributed by atoms with Gasteiger partial charge in [-0.25, -0.2) is 0 Å². The van der Waals surface area contributed by atoms with Crippen LogP contribution in [-0.4, -0.2) is 52.3 Å². The number of fused-ring (bicyclic) bond motifs is 1. The molecule has 0 aliphatic carbocycles. The van der Waals surface area contributed by atoms with E-state index in [1.807, 2.05) is 6.07 Å². The highest BCUT2D eigenvalue weighted by molar-refractivity contribution is 5.77. The van der Waals surface area contributed by atoms with Crippen molar-refractivity contribution in [3.63, 3.8) is 0 Å². The van der Waals surface area contributed by atoms with Crippen LogP contribution in [0.4, 0.5) is 0 Å². The summed E-state index contributed by atoms with van der Waals surface area (Å²) in [6, 6.07) is 1.96. The topological polar surface area (TPSA) is 60.0 Å². The van der Waals surface area contributed by atoms with E-state index in [1.54, 1.807) is 28.4 Å². The van der Waals surface area contributed by atoms with Gasteiger partial charge in [0, 0.05) is 25.7 Å². The van der Waals surface area contributed by atoms with Gasteiger partial charge in [0.15, 0.2) is 11.5 Å². The summed E-state index contributed by atoms with van der Waals surface area (Å²) in [4.78, 5) is 13.6. The number of amides is 1. The number of hydrogen-bond acceptors (Lipinski definition) is 5. The highest BCUT2D eigenvalue weighted by Crippen LogP contribution is 2.43. The third kappa shape index (κ3) is 3.05. The third-order valence-electron chi connectivity index (χ3n) is 3.74. The van der Waals surface area contributed by atoms with Gasteiger partial charge < -0.3 is 19.5 Å². The van der Waals surface area contributed by atoms with Crippen molar-refractivity contribution in [1.29, 1.82) is 0 Å². The molecule has 0 fully saturated rings. The lowest BCUT2D eigenvalue weighted by atomic mass is 9.97. The molecule has 116 valence electrons. The van der Waals surface area contributed by atoms with Gasteiger partial charge in [-0.1, -0.05) is 0 Å². The standard InChI is InChI=1S/C15H22N2O4/c1-16-13(18)9-17-6-5-11-10(8-17)7-12(19-2)15(21-4)14(11)20-3/h7H,5-6,8-9H2,1-4H3,(H,16,18). The van der Waals surface area contributed by atoms with Crippen molar-refractivity contribution < 1.29 is 19.0 Å². The van der Waals surface area contributed by atoms with Crippen molar-refractivity contribution in [2.75, 3.05) is 41.5 Å². The van der Waals surface area contributed by atoms with E-state index in [9.17, 15) is 4.79 Å². The summed E-state index contributed by atoms with van der Waals surface area (Å²) in [5, 5.41) is 2.65. The molecule has 1 N–H and O–H groups in total. The zero-order valence-electron chi connectivity index (χ0n) is 13.0. The summed E-state index contributed by atoms with van der Waals surface area (Å²) >= 11 is 0. The number of nitrogens with one attached hydrogen (secondary N) is 1. The number of hydrogen-bond donors (Lipinski definition) is 1. The lowest BCUT2D eigenvalue weighted by Crippen LogP contribution is -2.38. The molecule has 1 aliphatic rings. The molecule has 1 aliphatic heterocycles. The van der Waals surface area contributed by atoms with Crippen LogP contribution >= 0.6 is 0 Å². The molecule has 6 heteroatoms. The second kappa shape index (κ2) is 6.67. The predicted octanol–water partition coefficient (Wildman–Crippen LogP) is 0.817. The molecule has 0 atom stereocenters. The van der Waals surface area contributed by atoms with Crippen molar-refractivity contribution in [2.24, 2.45) is 0 Å². The molecule has 1 heterocycles. The third-order valence-corrected chi connectivity index (χ3v) is 3.74. The molecule has 1 amide bonds. The first-order valence-corrected chi connectivity index (χ1v) is 6.88. The van der Waals surface area contributed by atoms with Crippen LogP contribution in [-0.2, 0) is 17.8 Å². The molecule has 0 bridgehead atoms. The maximum atomic E-state index is 11.5. The van der Waals surface area contributed by atoms with Gasteiger partial charge in [0.2, 0.25) is 11.7 Å². The molecule has 6 nitrogen and oxygen atoms in total. The number of nitrogens with zero attached hydrogens (tertiary/aromatic N) is 1. The second-order valence-corrected chi connectivity index (χ2v) is 4.92. The summed E-state index contributed by atoms with van der Waals surface area (Å²) in [6.45, 7) is 1.90. The monoisotopic (exact) mass is 294 g/mol. The number of rotatable bonds is 5. The minimum atomic E-state index is 0.0193. The van der Waals surface area contributed by atoms with Gasteiger partial charge in [0.05, 0.1) is 27.9 Å². The molecule has 0 radical (unpaired) electrons. The van der Waals surface area contributed by atoms with E-state index in [4.69, 9.17) is 14.2 Å². The first kappa shape index (κ1) is 15.4. The zero-order chi connectivity index (χ0) is 15.4. The van der Waals surface area contributed by atoms with Crippen LogP contribution in [0.1, 0.15) is 11.1 Å². The maximum absolute atomic E-state index is 11.5. The van der Waals surface area contributed by atoms with Crippen LogP contribution in [0, 0.1) is 0 Å². The molecule has 0 unspecified atom stereocenters.